The average molecular weight is 448 g/mol. The standard InChI is InChI=1S/C25H29N5O3/c1-16-6-10-18(11-7-16)25(33)26-19-12-8-17(9-13-19)14-21-27-23(29(2)3)20(15-22(31)32)24(28-21)30(4)5/h6-13H,14-15H2,1-5H3,(H,26,33)(H,31,32). The Labute approximate surface area is 193 Å². The zero-order chi connectivity index (χ0) is 24.1. The number of nitrogens with zero attached hydrogens (tertiary/aromatic N) is 4. The molecule has 1 aromatic heterocycles. The van der Waals surface area contributed by atoms with E-state index in [-0.39, 0.29) is 12.3 Å². The third-order valence-corrected chi connectivity index (χ3v) is 5.07. The lowest BCUT2D eigenvalue weighted by molar-refractivity contribution is -0.136. The number of carboxylic acid groups (broad SMARTS) is 1. The number of carboxylic acids is 1. The maximum Gasteiger partial charge on any atom is 0.308 e. The van der Waals surface area contributed by atoms with Gasteiger partial charge in [0.05, 0.1) is 6.42 Å². The molecule has 0 aliphatic carbocycles. The maximum absolute atomic E-state index is 12.4. The number of aromatic nitrogens is 2. The summed E-state index contributed by atoms with van der Waals surface area (Å²) in [5.41, 5.74) is 3.96. The van der Waals surface area contributed by atoms with Gasteiger partial charge in [-0.2, -0.15) is 0 Å². The number of hydrogen-bond acceptors (Lipinski definition) is 6. The van der Waals surface area contributed by atoms with Gasteiger partial charge in [-0.05, 0) is 36.8 Å². The molecule has 33 heavy (non-hydrogen) atoms. The Hall–Kier alpha value is -3.94. The molecule has 1 amide bonds. The van der Waals surface area contributed by atoms with Crippen molar-refractivity contribution in [2.45, 2.75) is 19.8 Å². The smallest absolute Gasteiger partial charge is 0.308 e. The van der Waals surface area contributed by atoms with Crippen LogP contribution in [-0.2, 0) is 17.6 Å². The molecule has 172 valence electrons. The van der Waals surface area contributed by atoms with Crippen molar-refractivity contribution in [3.8, 4) is 0 Å². The van der Waals surface area contributed by atoms with Crippen LogP contribution in [0.15, 0.2) is 48.5 Å². The predicted octanol–water partition coefficient (Wildman–Crippen LogP) is 3.39. The Balaban J connectivity index is 1.80. The molecular weight excluding hydrogens is 418 g/mol. The Bertz CT molecular complexity index is 1110. The summed E-state index contributed by atoms with van der Waals surface area (Å²) in [7, 11) is 7.34. The molecule has 0 unspecified atom stereocenters. The van der Waals surface area contributed by atoms with Crippen molar-refractivity contribution in [1.29, 1.82) is 0 Å². The second-order valence-electron chi connectivity index (χ2n) is 8.32. The predicted molar refractivity (Wildman–Crippen MR) is 130 cm³/mol. The molecular formula is C25H29N5O3. The molecule has 3 rings (SSSR count). The van der Waals surface area contributed by atoms with Crippen LogP contribution >= 0.6 is 0 Å². The second-order valence-corrected chi connectivity index (χ2v) is 8.32. The monoisotopic (exact) mass is 447 g/mol. The molecule has 1 heterocycles. The van der Waals surface area contributed by atoms with Crippen LogP contribution in [-0.4, -0.2) is 55.1 Å². The number of hydrogen-bond donors (Lipinski definition) is 2. The molecule has 0 fully saturated rings. The molecule has 0 bridgehead atoms. The van der Waals surface area contributed by atoms with E-state index in [0.717, 1.165) is 11.1 Å². The quantitative estimate of drug-likeness (QED) is 0.546. The second kappa shape index (κ2) is 10.1. The van der Waals surface area contributed by atoms with Crippen molar-refractivity contribution in [2.75, 3.05) is 43.3 Å². The van der Waals surface area contributed by atoms with Crippen molar-refractivity contribution in [3.63, 3.8) is 0 Å². The summed E-state index contributed by atoms with van der Waals surface area (Å²) in [5, 5.41) is 12.2. The summed E-state index contributed by atoms with van der Waals surface area (Å²) in [6.07, 6.45) is 0.317. The Morgan fingerprint density at radius 3 is 1.91 bits per heavy atom. The largest absolute Gasteiger partial charge is 0.481 e. The normalized spacial score (nSPS) is 10.6. The lowest BCUT2D eigenvalue weighted by atomic mass is 10.1. The highest BCUT2D eigenvalue weighted by Gasteiger charge is 2.20. The van der Waals surface area contributed by atoms with Gasteiger partial charge in [0.25, 0.3) is 5.91 Å². The average Bonchev–Trinajstić information content (AvgIpc) is 2.75. The number of aryl methyl sites for hydroxylation is 1. The number of carbonyl (C=O) groups is 2. The van der Waals surface area contributed by atoms with E-state index in [9.17, 15) is 14.7 Å². The van der Waals surface area contributed by atoms with E-state index in [1.165, 1.54) is 0 Å². The summed E-state index contributed by atoms with van der Waals surface area (Å²) in [6, 6.07) is 14.9. The third kappa shape index (κ3) is 6.06. The molecule has 0 spiro atoms. The van der Waals surface area contributed by atoms with Crippen LogP contribution in [0.3, 0.4) is 0 Å². The van der Waals surface area contributed by atoms with Crippen molar-refractivity contribution >= 4 is 29.2 Å². The minimum atomic E-state index is -0.930. The minimum Gasteiger partial charge on any atom is -0.481 e. The Kier molecular flexibility index (Phi) is 7.27. The van der Waals surface area contributed by atoms with E-state index < -0.39 is 5.97 Å². The molecule has 8 heteroatoms. The van der Waals surface area contributed by atoms with Crippen LogP contribution in [0.1, 0.15) is 32.9 Å². The summed E-state index contributed by atoms with van der Waals surface area (Å²) >= 11 is 0. The highest BCUT2D eigenvalue weighted by molar-refractivity contribution is 6.04. The van der Waals surface area contributed by atoms with Gasteiger partial charge in [-0.15, -0.1) is 0 Å². The van der Waals surface area contributed by atoms with E-state index in [1.807, 2.05) is 71.5 Å². The maximum atomic E-state index is 12.4. The Morgan fingerprint density at radius 1 is 0.879 bits per heavy atom. The van der Waals surface area contributed by atoms with Gasteiger partial charge < -0.3 is 20.2 Å². The van der Waals surface area contributed by atoms with Crippen molar-refractivity contribution < 1.29 is 14.7 Å². The molecule has 3 aromatic rings. The number of anilines is 3. The number of nitrogens with one attached hydrogen (secondary N) is 1. The summed E-state index contributed by atoms with van der Waals surface area (Å²) < 4.78 is 0. The third-order valence-electron chi connectivity index (χ3n) is 5.07. The van der Waals surface area contributed by atoms with Crippen LogP contribution in [0.25, 0.3) is 0 Å². The lowest BCUT2D eigenvalue weighted by Gasteiger charge is -2.22. The zero-order valence-electron chi connectivity index (χ0n) is 19.6. The number of amides is 1. The van der Waals surface area contributed by atoms with Gasteiger partial charge in [-0.1, -0.05) is 29.8 Å². The van der Waals surface area contributed by atoms with E-state index in [2.05, 4.69) is 15.3 Å². The SMILES string of the molecule is Cc1ccc(C(=O)Nc2ccc(Cc3nc(N(C)C)c(CC(=O)O)c(N(C)C)n3)cc2)cc1. The van der Waals surface area contributed by atoms with E-state index >= 15 is 0 Å². The van der Waals surface area contributed by atoms with Gasteiger partial charge in [0.1, 0.15) is 17.5 Å². The molecule has 0 radical (unpaired) electrons. The molecule has 8 nitrogen and oxygen atoms in total. The van der Waals surface area contributed by atoms with Crippen molar-refractivity contribution in [1.82, 2.24) is 9.97 Å². The topological polar surface area (TPSA) is 98.7 Å². The minimum absolute atomic E-state index is 0.156. The van der Waals surface area contributed by atoms with Gasteiger partial charge in [-0.3, -0.25) is 9.59 Å². The Morgan fingerprint density at radius 2 is 1.42 bits per heavy atom. The molecule has 0 aliphatic heterocycles. The van der Waals surface area contributed by atoms with Crippen LogP contribution < -0.4 is 15.1 Å². The summed E-state index contributed by atoms with van der Waals surface area (Å²) in [6.45, 7) is 1.98. The molecule has 0 saturated heterocycles. The number of rotatable bonds is 8. The number of benzene rings is 2. The van der Waals surface area contributed by atoms with Crippen LogP contribution in [0.2, 0.25) is 0 Å². The van der Waals surface area contributed by atoms with Crippen LogP contribution in [0, 0.1) is 6.92 Å². The molecule has 2 aromatic carbocycles. The van der Waals surface area contributed by atoms with E-state index in [4.69, 9.17) is 0 Å². The van der Waals surface area contributed by atoms with Crippen molar-refractivity contribution in [3.05, 3.63) is 76.6 Å². The van der Waals surface area contributed by atoms with E-state index in [0.29, 0.717) is 40.7 Å². The summed E-state index contributed by atoms with van der Waals surface area (Å²) in [5.74, 6) is 0.682. The fourth-order valence-corrected chi connectivity index (χ4v) is 3.43. The van der Waals surface area contributed by atoms with Gasteiger partial charge in [-0.25, -0.2) is 9.97 Å². The first-order valence-electron chi connectivity index (χ1n) is 10.6. The van der Waals surface area contributed by atoms with Gasteiger partial charge in [0.2, 0.25) is 0 Å². The van der Waals surface area contributed by atoms with E-state index in [1.54, 1.807) is 21.9 Å². The van der Waals surface area contributed by atoms with Crippen LogP contribution in [0.5, 0.6) is 0 Å². The van der Waals surface area contributed by atoms with Crippen molar-refractivity contribution in [2.24, 2.45) is 0 Å². The highest BCUT2D eigenvalue weighted by atomic mass is 16.4. The first kappa shape index (κ1) is 23.7. The van der Waals surface area contributed by atoms with Gasteiger partial charge in [0.15, 0.2) is 0 Å². The highest BCUT2D eigenvalue weighted by Crippen LogP contribution is 2.27. The first-order valence-corrected chi connectivity index (χ1v) is 10.6. The molecule has 0 atom stereocenters. The van der Waals surface area contributed by atoms with Gasteiger partial charge in [0, 0.05) is 51.4 Å². The fourth-order valence-electron chi connectivity index (χ4n) is 3.43. The number of aliphatic carboxylic acids is 1. The zero-order valence-corrected chi connectivity index (χ0v) is 19.6. The van der Waals surface area contributed by atoms with Crippen LogP contribution in [0.4, 0.5) is 17.3 Å². The first-order chi connectivity index (χ1) is 15.6. The lowest BCUT2D eigenvalue weighted by Crippen LogP contribution is -2.22. The summed E-state index contributed by atoms with van der Waals surface area (Å²) in [4.78, 5) is 36.7. The number of carbonyl (C=O) groups excluding carboxylic acids is 1. The van der Waals surface area contributed by atoms with Gasteiger partial charge >= 0.3 is 5.97 Å². The molecule has 0 saturated carbocycles. The fraction of sp³-hybridized carbons (Fsp3) is 0.280. The molecule has 2 N–H and O–H groups in total. The molecule has 0 aliphatic rings.